The van der Waals surface area contributed by atoms with Gasteiger partial charge in [0, 0.05) is 22.7 Å². The normalized spacial score (nSPS) is 11.4. The predicted octanol–water partition coefficient (Wildman–Crippen LogP) is 3.89. The van der Waals surface area contributed by atoms with Crippen molar-refractivity contribution < 1.29 is 4.92 Å². The van der Waals surface area contributed by atoms with Gasteiger partial charge in [0.05, 0.1) is 16.3 Å². The van der Waals surface area contributed by atoms with Crippen LogP contribution in [0.15, 0.2) is 48.7 Å². The van der Waals surface area contributed by atoms with Crippen molar-refractivity contribution in [1.29, 1.82) is 0 Å². The number of benzene rings is 2. The van der Waals surface area contributed by atoms with Gasteiger partial charge >= 0.3 is 0 Å². The lowest BCUT2D eigenvalue weighted by atomic mass is 10.1. The second kappa shape index (κ2) is 5.44. The van der Waals surface area contributed by atoms with E-state index in [9.17, 15) is 10.1 Å². The smallest absolute Gasteiger partial charge is 0.235 e. The number of aryl methyl sites for hydroxylation is 1. The molecule has 2 aromatic carbocycles. The molecule has 0 saturated heterocycles. The van der Waals surface area contributed by atoms with E-state index < -0.39 is 4.92 Å². The Hall–Kier alpha value is -2.95. The maximum atomic E-state index is 10.5. The molecule has 0 unspecified atom stereocenters. The second-order valence-electron chi connectivity index (χ2n) is 5.10. The van der Waals surface area contributed by atoms with E-state index in [-0.39, 0.29) is 0 Å². The minimum atomic E-state index is -0.464. The topological polar surface area (TPSA) is 61.0 Å². The highest BCUT2D eigenvalue weighted by atomic mass is 16.6. The first-order valence-corrected chi connectivity index (χ1v) is 6.94. The number of rotatable bonds is 3. The highest BCUT2D eigenvalue weighted by Gasteiger charge is 2.13. The monoisotopic (exact) mass is 293 g/mol. The van der Waals surface area contributed by atoms with Gasteiger partial charge in [0.25, 0.3) is 0 Å². The largest absolute Gasteiger partial charge is 0.259 e. The van der Waals surface area contributed by atoms with Gasteiger partial charge in [-0.15, -0.1) is 0 Å². The number of fused-ring (bicyclic) bond motifs is 1. The molecule has 0 fully saturated rings. The minimum Gasteiger partial charge on any atom is -0.259 e. The van der Waals surface area contributed by atoms with E-state index in [0.717, 1.165) is 39.6 Å². The van der Waals surface area contributed by atoms with E-state index in [4.69, 9.17) is 0 Å². The van der Waals surface area contributed by atoms with Crippen molar-refractivity contribution in [1.82, 2.24) is 9.78 Å². The third kappa shape index (κ3) is 2.37. The molecular weight excluding hydrogens is 278 g/mol. The van der Waals surface area contributed by atoms with Crippen LogP contribution in [-0.4, -0.2) is 14.7 Å². The Morgan fingerprint density at radius 1 is 1.14 bits per heavy atom. The maximum absolute atomic E-state index is 10.5. The molecule has 0 amide bonds. The molecule has 0 bridgehead atoms. The Kier molecular flexibility index (Phi) is 3.47. The molecule has 110 valence electrons. The highest BCUT2D eigenvalue weighted by Crippen LogP contribution is 2.25. The molecule has 0 radical (unpaired) electrons. The van der Waals surface area contributed by atoms with E-state index in [1.165, 1.54) is 6.08 Å². The Morgan fingerprint density at radius 3 is 2.64 bits per heavy atom. The lowest BCUT2D eigenvalue weighted by Crippen LogP contribution is -2.00. The van der Waals surface area contributed by atoms with E-state index >= 15 is 0 Å². The molecule has 0 atom stereocenters. The third-order valence-corrected chi connectivity index (χ3v) is 3.71. The van der Waals surface area contributed by atoms with Crippen LogP contribution >= 0.6 is 0 Å². The summed E-state index contributed by atoms with van der Waals surface area (Å²) in [4.78, 5) is 10.1. The molecular formula is C17H15N3O2. The van der Waals surface area contributed by atoms with Crippen molar-refractivity contribution in [3.8, 4) is 5.69 Å². The molecule has 1 aromatic heterocycles. The Bertz CT molecular complexity index is 889. The summed E-state index contributed by atoms with van der Waals surface area (Å²) in [5.41, 5.74) is 3.40. The fourth-order valence-corrected chi connectivity index (χ4v) is 2.66. The lowest BCUT2D eigenvalue weighted by molar-refractivity contribution is -0.400. The fourth-order valence-electron chi connectivity index (χ4n) is 2.66. The standard InChI is InChI=1S/C17H15N3O2/c1-12-15(10-11-19(21)22)13(2)20(18-12)17-9-5-7-14-6-3-4-8-16(14)17/h3-11H,1-2H3. The zero-order valence-electron chi connectivity index (χ0n) is 12.4. The van der Waals surface area contributed by atoms with Crippen LogP contribution in [-0.2, 0) is 0 Å². The summed E-state index contributed by atoms with van der Waals surface area (Å²) in [6.45, 7) is 3.77. The average molecular weight is 293 g/mol. The van der Waals surface area contributed by atoms with Crippen LogP contribution in [0.3, 0.4) is 0 Å². The Labute approximate surface area is 127 Å². The molecule has 0 aliphatic heterocycles. The first-order chi connectivity index (χ1) is 10.6. The van der Waals surface area contributed by atoms with Gasteiger partial charge in [-0.05, 0) is 25.3 Å². The molecule has 0 N–H and O–H groups in total. The van der Waals surface area contributed by atoms with Gasteiger partial charge in [-0.25, -0.2) is 4.68 Å². The summed E-state index contributed by atoms with van der Waals surface area (Å²) in [6.07, 6.45) is 2.45. The molecule has 5 heteroatoms. The average Bonchev–Trinajstić information content (AvgIpc) is 2.79. The number of aromatic nitrogens is 2. The number of nitrogens with zero attached hydrogens (tertiary/aromatic N) is 3. The summed E-state index contributed by atoms with van der Waals surface area (Å²) in [5.74, 6) is 0. The summed E-state index contributed by atoms with van der Waals surface area (Å²) < 4.78 is 1.84. The molecule has 3 aromatic rings. The van der Waals surface area contributed by atoms with Crippen LogP contribution in [0.2, 0.25) is 0 Å². The van der Waals surface area contributed by atoms with Crippen LogP contribution in [0.25, 0.3) is 22.5 Å². The van der Waals surface area contributed by atoms with Crippen molar-refractivity contribution in [3.05, 3.63) is 75.7 Å². The maximum Gasteiger partial charge on any atom is 0.235 e. The lowest BCUT2D eigenvalue weighted by Gasteiger charge is -2.08. The SMILES string of the molecule is Cc1nn(-c2cccc3ccccc23)c(C)c1C=C[N+](=O)[O-]. The van der Waals surface area contributed by atoms with Gasteiger partial charge < -0.3 is 0 Å². The van der Waals surface area contributed by atoms with Crippen LogP contribution in [0.4, 0.5) is 0 Å². The molecule has 5 nitrogen and oxygen atoms in total. The van der Waals surface area contributed by atoms with Crippen LogP contribution in [0, 0.1) is 24.0 Å². The summed E-state index contributed by atoms with van der Waals surface area (Å²) in [5, 5.41) is 17.3. The summed E-state index contributed by atoms with van der Waals surface area (Å²) in [7, 11) is 0. The molecule has 0 spiro atoms. The highest BCUT2D eigenvalue weighted by molar-refractivity contribution is 5.90. The van der Waals surface area contributed by atoms with Crippen LogP contribution in [0.1, 0.15) is 17.0 Å². The minimum absolute atomic E-state index is 0.464. The van der Waals surface area contributed by atoms with E-state index in [0.29, 0.717) is 0 Å². The Balaban J connectivity index is 2.20. The first kappa shape index (κ1) is 14.0. The first-order valence-electron chi connectivity index (χ1n) is 6.94. The molecule has 22 heavy (non-hydrogen) atoms. The zero-order chi connectivity index (χ0) is 15.7. The van der Waals surface area contributed by atoms with Crippen molar-refractivity contribution >= 4 is 16.8 Å². The van der Waals surface area contributed by atoms with Gasteiger partial charge in [-0.2, -0.15) is 5.10 Å². The second-order valence-corrected chi connectivity index (χ2v) is 5.10. The van der Waals surface area contributed by atoms with E-state index in [2.05, 4.69) is 17.2 Å². The van der Waals surface area contributed by atoms with Gasteiger partial charge in [0.2, 0.25) is 6.20 Å². The number of nitro groups is 1. The summed E-state index contributed by atoms with van der Waals surface area (Å²) in [6, 6.07) is 14.1. The van der Waals surface area contributed by atoms with Crippen LogP contribution in [0.5, 0.6) is 0 Å². The van der Waals surface area contributed by atoms with Gasteiger partial charge in [0.1, 0.15) is 0 Å². The Morgan fingerprint density at radius 2 is 1.86 bits per heavy atom. The van der Waals surface area contributed by atoms with Gasteiger partial charge in [-0.1, -0.05) is 36.4 Å². The van der Waals surface area contributed by atoms with Crippen molar-refractivity contribution in [3.63, 3.8) is 0 Å². The van der Waals surface area contributed by atoms with Crippen molar-refractivity contribution in [2.45, 2.75) is 13.8 Å². The molecule has 1 heterocycles. The van der Waals surface area contributed by atoms with Gasteiger partial charge in [0.15, 0.2) is 0 Å². The zero-order valence-corrected chi connectivity index (χ0v) is 12.4. The molecule has 0 saturated carbocycles. The summed E-state index contributed by atoms with van der Waals surface area (Å²) >= 11 is 0. The van der Waals surface area contributed by atoms with Crippen molar-refractivity contribution in [2.75, 3.05) is 0 Å². The fraction of sp³-hybridized carbons (Fsp3) is 0.118. The van der Waals surface area contributed by atoms with E-state index in [1.54, 1.807) is 0 Å². The number of hydrogen-bond donors (Lipinski definition) is 0. The van der Waals surface area contributed by atoms with E-state index in [1.807, 2.05) is 48.9 Å². The molecule has 0 aliphatic carbocycles. The molecule has 0 aliphatic rings. The van der Waals surface area contributed by atoms with Gasteiger partial charge in [-0.3, -0.25) is 10.1 Å². The third-order valence-electron chi connectivity index (χ3n) is 3.71. The number of hydrogen-bond acceptors (Lipinski definition) is 3. The van der Waals surface area contributed by atoms with Crippen molar-refractivity contribution in [2.24, 2.45) is 0 Å². The predicted molar refractivity (Wildman–Crippen MR) is 86.6 cm³/mol. The molecule has 3 rings (SSSR count). The quantitative estimate of drug-likeness (QED) is 0.543. The van der Waals surface area contributed by atoms with Crippen LogP contribution < -0.4 is 0 Å².